The second-order valence-electron chi connectivity index (χ2n) is 6.03. The van der Waals surface area contributed by atoms with Crippen LogP contribution in [-0.2, 0) is 16.3 Å². The topological polar surface area (TPSA) is 72.6 Å². The highest BCUT2D eigenvalue weighted by molar-refractivity contribution is 7.90. The number of nitrogens with zero attached hydrogens (tertiary/aromatic N) is 1. The summed E-state index contributed by atoms with van der Waals surface area (Å²) in [5.41, 5.74) is 9.30. The van der Waals surface area contributed by atoms with Crippen LogP contribution >= 0.6 is 12.4 Å². The van der Waals surface area contributed by atoms with Gasteiger partial charge in [-0.15, -0.1) is 12.4 Å². The maximum Gasteiger partial charge on any atom is 0.175 e. The van der Waals surface area contributed by atoms with E-state index in [-0.39, 0.29) is 17.3 Å². The number of hydrogen-bond acceptors (Lipinski definition) is 5. The molecule has 136 valence electrons. The van der Waals surface area contributed by atoms with Gasteiger partial charge in [-0.2, -0.15) is 0 Å². The van der Waals surface area contributed by atoms with Crippen LogP contribution in [-0.4, -0.2) is 34.4 Å². The molecule has 3 rings (SSSR count). The molecule has 0 bridgehead atoms. The molecule has 0 saturated carbocycles. The van der Waals surface area contributed by atoms with Crippen molar-refractivity contribution in [2.75, 3.05) is 36.6 Å². The van der Waals surface area contributed by atoms with Crippen molar-refractivity contribution >= 4 is 33.6 Å². The molecular weight excluding hydrogens is 360 g/mol. The molecule has 1 aliphatic rings. The SMILES string of the molecule is CS(=O)(=O)c1cccc(OCCN2CCCc3c(N)cccc32)c1.Cl. The Morgan fingerprint density at radius 3 is 2.72 bits per heavy atom. The van der Waals surface area contributed by atoms with E-state index in [0.717, 1.165) is 31.6 Å². The highest BCUT2D eigenvalue weighted by atomic mass is 35.5. The molecule has 0 unspecified atom stereocenters. The van der Waals surface area contributed by atoms with Crippen molar-refractivity contribution in [2.24, 2.45) is 0 Å². The summed E-state index contributed by atoms with van der Waals surface area (Å²) >= 11 is 0. The summed E-state index contributed by atoms with van der Waals surface area (Å²) in [5, 5.41) is 0. The van der Waals surface area contributed by atoms with Gasteiger partial charge in [0, 0.05) is 24.2 Å². The number of fused-ring (bicyclic) bond motifs is 1. The highest BCUT2D eigenvalue weighted by Crippen LogP contribution is 2.31. The summed E-state index contributed by atoms with van der Waals surface area (Å²) < 4.78 is 29.0. The molecule has 7 heteroatoms. The third-order valence-electron chi connectivity index (χ3n) is 4.25. The molecule has 0 fully saturated rings. The van der Waals surface area contributed by atoms with Crippen molar-refractivity contribution in [3.8, 4) is 5.75 Å². The second kappa shape index (κ2) is 7.97. The van der Waals surface area contributed by atoms with E-state index in [0.29, 0.717) is 12.4 Å². The zero-order chi connectivity index (χ0) is 17.2. The van der Waals surface area contributed by atoms with Gasteiger partial charge >= 0.3 is 0 Å². The van der Waals surface area contributed by atoms with Gasteiger partial charge in [0.15, 0.2) is 9.84 Å². The summed E-state index contributed by atoms with van der Waals surface area (Å²) in [6.45, 7) is 2.20. The molecule has 1 heterocycles. The van der Waals surface area contributed by atoms with Gasteiger partial charge in [-0.3, -0.25) is 0 Å². The van der Waals surface area contributed by atoms with Crippen LogP contribution in [0.5, 0.6) is 5.75 Å². The fourth-order valence-electron chi connectivity index (χ4n) is 3.03. The van der Waals surface area contributed by atoms with Gasteiger partial charge in [0.2, 0.25) is 0 Å². The van der Waals surface area contributed by atoms with E-state index in [4.69, 9.17) is 10.5 Å². The lowest BCUT2D eigenvalue weighted by molar-refractivity contribution is 0.322. The minimum atomic E-state index is -3.22. The summed E-state index contributed by atoms with van der Waals surface area (Å²) in [6, 6.07) is 12.6. The average Bonchev–Trinajstić information content (AvgIpc) is 2.55. The Labute approximate surface area is 155 Å². The van der Waals surface area contributed by atoms with Crippen LogP contribution in [0.25, 0.3) is 0 Å². The van der Waals surface area contributed by atoms with Gasteiger partial charge < -0.3 is 15.4 Å². The van der Waals surface area contributed by atoms with Crippen molar-refractivity contribution in [1.82, 2.24) is 0 Å². The number of hydrogen-bond donors (Lipinski definition) is 1. The molecule has 2 aromatic rings. The first kappa shape index (κ1) is 19.4. The molecular formula is C18H23ClN2O3S. The lowest BCUT2D eigenvalue weighted by Gasteiger charge is -2.31. The Morgan fingerprint density at radius 1 is 1.20 bits per heavy atom. The molecule has 0 spiro atoms. The Balaban J connectivity index is 0.00000225. The third-order valence-corrected chi connectivity index (χ3v) is 5.36. The van der Waals surface area contributed by atoms with Crippen molar-refractivity contribution in [3.63, 3.8) is 0 Å². The quantitative estimate of drug-likeness (QED) is 0.805. The largest absolute Gasteiger partial charge is 0.492 e. The van der Waals surface area contributed by atoms with Crippen LogP contribution in [0.15, 0.2) is 47.4 Å². The van der Waals surface area contributed by atoms with Crippen molar-refractivity contribution in [3.05, 3.63) is 48.0 Å². The number of rotatable bonds is 5. The van der Waals surface area contributed by atoms with E-state index in [1.807, 2.05) is 12.1 Å². The second-order valence-corrected chi connectivity index (χ2v) is 8.05. The lowest BCUT2D eigenvalue weighted by Crippen LogP contribution is -2.33. The minimum Gasteiger partial charge on any atom is -0.492 e. The maximum absolute atomic E-state index is 11.6. The molecule has 0 saturated heterocycles. The van der Waals surface area contributed by atoms with Gasteiger partial charge in [0.25, 0.3) is 0 Å². The Kier molecular flexibility index (Phi) is 6.19. The normalized spacial score (nSPS) is 13.7. The molecule has 0 atom stereocenters. The highest BCUT2D eigenvalue weighted by Gasteiger charge is 2.18. The standard InChI is InChI=1S/C18H22N2O3S.ClH/c1-24(21,22)15-6-2-5-14(13-15)23-12-11-20-10-4-7-16-17(19)8-3-9-18(16)20;/h2-3,5-6,8-9,13H,4,7,10-12,19H2,1H3;1H. The minimum absolute atomic E-state index is 0. The molecule has 5 nitrogen and oxygen atoms in total. The first-order valence-corrected chi connectivity index (χ1v) is 9.89. The van der Waals surface area contributed by atoms with E-state index < -0.39 is 9.84 Å². The molecule has 2 aromatic carbocycles. The maximum atomic E-state index is 11.6. The number of sulfone groups is 1. The lowest BCUT2D eigenvalue weighted by atomic mass is 10.00. The molecule has 25 heavy (non-hydrogen) atoms. The van der Waals surface area contributed by atoms with Crippen LogP contribution in [0.3, 0.4) is 0 Å². The van der Waals surface area contributed by atoms with Gasteiger partial charge in [-0.05, 0) is 48.7 Å². The molecule has 0 radical (unpaired) electrons. The first-order chi connectivity index (χ1) is 11.4. The average molecular weight is 383 g/mol. The van der Waals surface area contributed by atoms with Crippen LogP contribution < -0.4 is 15.4 Å². The Bertz CT molecular complexity index is 840. The van der Waals surface area contributed by atoms with E-state index >= 15 is 0 Å². The van der Waals surface area contributed by atoms with E-state index in [9.17, 15) is 8.42 Å². The Morgan fingerprint density at radius 2 is 1.96 bits per heavy atom. The summed E-state index contributed by atoms with van der Waals surface area (Å²) in [7, 11) is -3.22. The van der Waals surface area contributed by atoms with Crippen LogP contribution in [0.4, 0.5) is 11.4 Å². The van der Waals surface area contributed by atoms with E-state index in [1.165, 1.54) is 17.5 Å². The third kappa shape index (κ3) is 4.58. The monoisotopic (exact) mass is 382 g/mol. The van der Waals surface area contributed by atoms with Crippen molar-refractivity contribution in [2.45, 2.75) is 17.7 Å². The molecule has 0 aliphatic carbocycles. The smallest absolute Gasteiger partial charge is 0.175 e. The summed E-state index contributed by atoms with van der Waals surface area (Å²) in [4.78, 5) is 2.55. The van der Waals surface area contributed by atoms with E-state index in [2.05, 4.69) is 11.0 Å². The van der Waals surface area contributed by atoms with E-state index in [1.54, 1.807) is 24.3 Å². The number of benzene rings is 2. The first-order valence-electron chi connectivity index (χ1n) is 8.00. The molecule has 1 aliphatic heterocycles. The zero-order valence-electron chi connectivity index (χ0n) is 14.1. The zero-order valence-corrected chi connectivity index (χ0v) is 15.8. The van der Waals surface area contributed by atoms with Crippen molar-refractivity contribution in [1.29, 1.82) is 0 Å². The van der Waals surface area contributed by atoms with Crippen LogP contribution in [0.1, 0.15) is 12.0 Å². The number of nitrogens with two attached hydrogens (primary N) is 1. The van der Waals surface area contributed by atoms with Crippen molar-refractivity contribution < 1.29 is 13.2 Å². The molecule has 0 aromatic heterocycles. The van der Waals surface area contributed by atoms with Gasteiger partial charge in [0.05, 0.1) is 11.4 Å². The predicted octanol–water partition coefficient (Wildman–Crippen LogP) is 2.93. The number of ether oxygens (including phenoxy) is 1. The van der Waals surface area contributed by atoms with Gasteiger partial charge in [-0.1, -0.05) is 12.1 Å². The molecule has 2 N–H and O–H groups in total. The van der Waals surface area contributed by atoms with Gasteiger partial charge in [-0.25, -0.2) is 8.42 Å². The van der Waals surface area contributed by atoms with Crippen LogP contribution in [0.2, 0.25) is 0 Å². The number of nitrogen functional groups attached to an aromatic ring is 1. The summed E-state index contributed by atoms with van der Waals surface area (Å²) in [5.74, 6) is 0.572. The number of halogens is 1. The summed E-state index contributed by atoms with van der Waals surface area (Å²) in [6.07, 6.45) is 3.28. The number of anilines is 2. The fourth-order valence-corrected chi connectivity index (χ4v) is 3.68. The fraction of sp³-hybridized carbons (Fsp3) is 0.333. The van der Waals surface area contributed by atoms with Crippen LogP contribution in [0, 0.1) is 0 Å². The predicted molar refractivity (Wildman–Crippen MR) is 104 cm³/mol. The Hall–Kier alpha value is -1.92. The molecule has 0 amide bonds. The van der Waals surface area contributed by atoms with Gasteiger partial charge in [0.1, 0.15) is 12.4 Å².